The number of methoxy groups -OCH3 is 2. The van der Waals surface area contributed by atoms with E-state index in [0.29, 0.717) is 158 Å². The zero-order valence-electron chi connectivity index (χ0n) is 65.6. The Morgan fingerprint density at radius 2 is 0.347 bits per heavy atom. The topological polar surface area (TPSA) is 273 Å². The molecule has 25 rings (SSSR count). The van der Waals surface area contributed by atoms with Crippen molar-refractivity contribution in [2.24, 2.45) is 0 Å². The Bertz CT molecular complexity index is 7460. The first-order chi connectivity index (χ1) is 60.4. The zero-order chi connectivity index (χ0) is 84.6. The molecule has 0 unspecified atom stereocenters. The predicted molar refractivity (Wildman–Crippen MR) is 468 cm³/mol. The van der Waals surface area contributed by atoms with Crippen LogP contribution in [0.2, 0.25) is 0 Å². The average molecular weight is 1630 g/mol. The van der Waals surface area contributed by atoms with Crippen LogP contribution in [0.5, 0.6) is 23.0 Å². The Morgan fingerprint density at radius 1 is 0.194 bits per heavy atom. The van der Waals surface area contributed by atoms with Crippen LogP contribution in [0.15, 0.2) is 243 Å². The number of hydrogen-bond donors (Lipinski definition) is 0. The third-order valence-corrected chi connectivity index (χ3v) is 24.9. The van der Waals surface area contributed by atoms with Crippen molar-refractivity contribution in [1.29, 1.82) is 0 Å². The highest BCUT2D eigenvalue weighted by molar-refractivity contribution is 6.49. The molecule has 592 valence electrons. The fourth-order valence-corrected chi connectivity index (χ4v) is 19.6. The third-order valence-electron chi connectivity index (χ3n) is 24.9. The van der Waals surface area contributed by atoms with Gasteiger partial charge in [-0.2, -0.15) is 0 Å². The van der Waals surface area contributed by atoms with Gasteiger partial charge in [0.25, 0.3) is 47.3 Å². The first-order valence-electron chi connectivity index (χ1n) is 39.8. The van der Waals surface area contributed by atoms with E-state index in [1.165, 1.54) is 19.6 Å². The predicted octanol–water partition coefficient (Wildman–Crippen LogP) is 19.8. The summed E-state index contributed by atoms with van der Waals surface area (Å²) in [5.74, 6) is -3.34. The molecule has 0 spiro atoms. The molecule has 0 aliphatic carbocycles. The summed E-state index contributed by atoms with van der Waals surface area (Å²) < 4.78 is 31.3. The van der Waals surface area contributed by atoms with Gasteiger partial charge in [0.05, 0.1) is 72.4 Å². The van der Waals surface area contributed by atoms with Crippen LogP contribution in [0.4, 0.5) is 22.7 Å². The van der Waals surface area contributed by atoms with Crippen LogP contribution in [-0.4, -0.2) is 98.6 Å². The largest absolute Gasteiger partial charge is 0.497 e. The number of carbonyl (C=O) groups excluding carboxylic acids is 12. The summed E-state index contributed by atoms with van der Waals surface area (Å²) >= 11 is 0. The van der Waals surface area contributed by atoms with Crippen LogP contribution in [0.25, 0.3) is 129 Å². The van der Waals surface area contributed by atoms with Crippen molar-refractivity contribution < 1.29 is 86.0 Å². The summed E-state index contributed by atoms with van der Waals surface area (Å²) in [7, 11) is 3.11. The lowest BCUT2D eigenvalue weighted by atomic mass is 9.82. The molecule has 0 bridgehead atoms. The van der Waals surface area contributed by atoms with Gasteiger partial charge in [0.1, 0.15) is 23.0 Å². The number of imide groups is 4. The van der Waals surface area contributed by atoms with Gasteiger partial charge in [0, 0.05) is 76.8 Å². The van der Waals surface area contributed by atoms with Gasteiger partial charge in [-0.15, -0.1) is 0 Å². The molecule has 6 aliphatic rings. The summed E-state index contributed by atoms with van der Waals surface area (Å²) in [5.41, 5.74) is 6.68. The van der Waals surface area contributed by atoms with Crippen LogP contribution in [0.1, 0.15) is 138 Å². The second-order valence-corrected chi connectivity index (χ2v) is 30.8. The van der Waals surface area contributed by atoms with Gasteiger partial charge >= 0.3 is 23.9 Å². The molecule has 0 radical (unpaired) electrons. The monoisotopic (exact) mass is 1620 g/mol. The first-order valence-corrected chi connectivity index (χ1v) is 39.8. The van der Waals surface area contributed by atoms with E-state index in [2.05, 4.69) is 0 Å². The molecule has 22 nitrogen and oxygen atoms in total. The average Bonchev–Trinajstić information content (AvgIpc) is 0.696. The highest BCUT2D eigenvalue weighted by Crippen LogP contribution is 2.52. The van der Waals surface area contributed by atoms with E-state index < -0.39 is 71.1 Å². The summed E-state index contributed by atoms with van der Waals surface area (Å²) in [6, 6.07) is 70.7. The molecule has 8 amide bonds. The summed E-state index contributed by atoms with van der Waals surface area (Å²) in [6.07, 6.45) is 0. The number of ether oxygens (including phenoxy) is 6. The lowest BCUT2D eigenvalue weighted by molar-refractivity contribution is 0.0373. The molecule has 22 heteroatoms. The lowest BCUT2D eigenvalue weighted by Crippen LogP contribution is -2.40. The van der Waals surface area contributed by atoms with Crippen molar-refractivity contribution in [3.8, 4) is 23.0 Å². The number of hydrogen-bond acceptors (Lipinski definition) is 18. The minimum atomic E-state index is -0.666. The standard InChI is InChI=1S/C40H26N2O6.C38H22N2O6.C24H8O6/c1-3-47-23-9-5-21(6-10-23)41-37(43)29-17-13-25-27-15-19-31-36-32(40(46)42(39(31)45)22-7-11-24(12-8-22)48-4-2)20-16-28(34(27)36)26-14-18-30(38(41)44)35(29)33(25)26;1-45-21-7-3-19(4-8-21)39-35(41)27-15-11-23-25-13-17-29-34-30(38(44)40(37(29)43)20-5-9-22(46-2)10-6-20)18-14-26(32(25)34)24-12-16-28(36(39)42)33(27)31(23)24;25-21-13-5-1-9-10-2-6-15-20-16(24(28)30-23(15)27)8-4-12(18(10)20)11-3-7-14(22(26)29-21)19(13)17(9)11/h5-20H,3-4H2,1-2H3;3-18H,1-2H3;1-8H. The molecular formula is C102H56N4O18. The maximum Gasteiger partial charge on any atom is 0.346 e. The molecule has 6 heterocycles. The molecule has 0 saturated carbocycles. The summed E-state index contributed by atoms with van der Waals surface area (Å²) in [5, 5.41) is 18.4. The zero-order valence-corrected chi connectivity index (χ0v) is 65.6. The van der Waals surface area contributed by atoms with Crippen molar-refractivity contribution in [1.82, 2.24) is 0 Å². The highest BCUT2D eigenvalue weighted by atomic mass is 16.6. The maximum atomic E-state index is 14.0. The van der Waals surface area contributed by atoms with Crippen LogP contribution < -0.4 is 38.5 Å². The lowest BCUT2D eigenvalue weighted by Gasteiger charge is -2.30. The molecule has 0 N–H and O–H groups in total. The van der Waals surface area contributed by atoms with Crippen LogP contribution >= 0.6 is 0 Å². The van der Waals surface area contributed by atoms with Gasteiger partial charge < -0.3 is 28.4 Å². The van der Waals surface area contributed by atoms with Crippen molar-refractivity contribution in [3.63, 3.8) is 0 Å². The van der Waals surface area contributed by atoms with Crippen LogP contribution in [-0.2, 0) is 9.47 Å². The van der Waals surface area contributed by atoms with E-state index in [0.717, 1.165) is 97.0 Å². The van der Waals surface area contributed by atoms with Gasteiger partial charge in [-0.1, -0.05) is 72.8 Å². The van der Waals surface area contributed by atoms with E-state index in [4.69, 9.17) is 28.4 Å². The molecule has 0 fully saturated rings. The minimum Gasteiger partial charge on any atom is -0.497 e. The van der Waals surface area contributed by atoms with Gasteiger partial charge in [0.2, 0.25) is 0 Å². The van der Waals surface area contributed by atoms with Gasteiger partial charge in [0.15, 0.2) is 0 Å². The van der Waals surface area contributed by atoms with Gasteiger partial charge in [-0.3, -0.25) is 38.4 Å². The smallest absolute Gasteiger partial charge is 0.346 e. The van der Waals surface area contributed by atoms with E-state index in [1.807, 2.05) is 86.6 Å². The molecule has 0 aromatic heterocycles. The van der Waals surface area contributed by atoms with Gasteiger partial charge in [-0.05, 0) is 281 Å². The maximum absolute atomic E-state index is 14.0. The van der Waals surface area contributed by atoms with E-state index in [9.17, 15) is 57.5 Å². The number of nitrogens with zero attached hydrogens (tertiary/aromatic N) is 4. The number of anilines is 4. The fourth-order valence-electron chi connectivity index (χ4n) is 19.6. The normalized spacial score (nSPS) is 14.6. The fraction of sp³-hybridized carbons (Fsp3) is 0.0588. The Hall–Kier alpha value is -16.9. The van der Waals surface area contributed by atoms with Crippen LogP contribution in [0, 0.1) is 0 Å². The molecule has 0 saturated heterocycles. The molecule has 0 atom stereocenters. The number of rotatable bonds is 10. The number of esters is 4. The molecule has 6 aliphatic heterocycles. The second-order valence-electron chi connectivity index (χ2n) is 30.8. The molecule has 19 aromatic carbocycles. The van der Waals surface area contributed by atoms with Crippen LogP contribution in [0.3, 0.4) is 0 Å². The van der Waals surface area contributed by atoms with Crippen molar-refractivity contribution in [2.75, 3.05) is 47.0 Å². The Balaban J connectivity index is 0.000000110. The highest BCUT2D eigenvalue weighted by Gasteiger charge is 2.43. The molecule has 19 aromatic rings. The quantitative estimate of drug-likeness (QED) is 0.0404. The Labute approximate surface area is 698 Å². The minimum absolute atomic E-state index is 0.345. The van der Waals surface area contributed by atoms with E-state index in [-0.39, 0.29) is 0 Å². The Morgan fingerprint density at radius 3 is 0.508 bits per heavy atom. The van der Waals surface area contributed by atoms with E-state index >= 15 is 0 Å². The van der Waals surface area contributed by atoms with E-state index in [1.54, 1.807) is 184 Å². The Kier molecular flexibility index (Phi) is 15.4. The number of carbonyl (C=O) groups is 12. The SMILES string of the molecule is CCOc1ccc(N2C(=O)c3ccc4c5ccc6c7c(ccc(c8ccc(c3c48)C2=O)c75)C(=O)N(c2ccc(OCC)cc2)C6=O)cc1.COc1ccc(N2C(=O)c3ccc4c5ccc6c7c(ccc(c8ccc(c3c48)C2=O)c75)C(=O)N(c2ccc(OC)cc2)C6=O)cc1.O=C1OC(=O)c2ccc3c4ccc5c6c(ccc(c7ccc1c2c73)c64)C(=O)OC5=O. The molecule has 124 heavy (non-hydrogen) atoms. The van der Waals surface area contributed by atoms with Crippen molar-refractivity contribution in [2.45, 2.75) is 13.8 Å². The second kappa shape index (κ2) is 26.3. The number of benzene rings is 19. The first kappa shape index (κ1) is 72.4. The molecular weight excluding hydrogens is 1570 g/mol. The van der Waals surface area contributed by atoms with Crippen molar-refractivity contribution in [3.05, 3.63) is 309 Å². The summed E-state index contributed by atoms with van der Waals surface area (Å²) in [4.78, 5) is 166. The number of fused-ring (bicyclic) bond motifs is 6. The van der Waals surface area contributed by atoms with Crippen molar-refractivity contribution >= 4 is 223 Å². The van der Waals surface area contributed by atoms with Gasteiger partial charge in [-0.25, -0.2) is 38.8 Å². The number of cyclic esters (lactones) is 4. The summed E-state index contributed by atoms with van der Waals surface area (Å²) in [6.45, 7) is 4.80. The number of amides is 8. The third kappa shape index (κ3) is 9.79.